The van der Waals surface area contributed by atoms with Crippen LogP contribution in [-0.4, -0.2) is 55.7 Å². The number of ether oxygens (including phenoxy) is 3. The normalized spacial score (nSPS) is 18.5. The van der Waals surface area contributed by atoms with Gasteiger partial charge in [0, 0.05) is 29.4 Å². The number of pyridine rings is 1. The number of nitrogens with zero attached hydrogens (tertiary/aromatic N) is 3. The highest BCUT2D eigenvalue weighted by Gasteiger charge is 2.48. The van der Waals surface area contributed by atoms with Crippen molar-refractivity contribution in [3.8, 4) is 23.3 Å². The number of carbonyl (C=O) groups excluding carboxylic acids is 1. The van der Waals surface area contributed by atoms with Crippen molar-refractivity contribution in [2.75, 3.05) is 50.3 Å². The Kier molecular flexibility index (Phi) is 13.7. The maximum absolute atomic E-state index is 13.1. The van der Waals surface area contributed by atoms with Gasteiger partial charge in [-0.25, -0.2) is 0 Å². The van der Waals surface area contributed by atoms with Crippen LogP contribution in [0.4, 0.5) is 17.1 Å². The van der Waals surface area contributed by atoms with E-state index in [-0.39, 0.29) is 18.6 Å². The summed E-state index contributed by atoms with van der Waals surface area (Å²) in [6.07, 6.45) is 12.7. The third-order valence-electron chi connectivity index (χ3n) is 9.93. The molecule has 1 aliphatic carbocycles. The van der Waals surface area contributed by atoms with E-state index in [1.165, 1.54) is 19.3 Å². The minimum absolute atomic E-state index is 0.0705. The zero-order valence-electron chi connectivity index (χ0n) is 30.5. The number of carbonyl (C=O) groups is 1. The lowest BCUT2D eigenvalue weighted by Gasteiger charge is -2.48. The number of benzene rings is 2. The number of amides is 1. The molecule has 0 saturated heterocycles. The molecule has 0 radical (unpaired) electrons. The number of rotatable bonds is 13. The summed E-state index contributed by atoms with van der Waals surface area (Å²) in [5.41, 5.74) is 3.51. The van der Waals surface area contributed by atoms with E-state index in [1.807, 2.05) is 63.5 Å². The quantitative estimate of drug-likeness (QED) is 0.159. The van der Waals surface area contributed by atoms with Crippen LogP contribution in [0.1, 0.15) is 94.9 Å². The maximum Gasteiger partial charge on any atom is 0.224 e. The average molecular weight is 717 g/mol. The molecule has 10 nitrogen and oxygen atoms in total. The van der Waals surface area contributed by atoms with Crippen LogP contribution >= 0.6 is 11.6 Å². The average Bonchev–Trinajstić information content (AvgIpc) is 3.11. The van der Waals surface area contributed by atoms with Gasteiger partial charge in [0.15, 0.2) is 0 Å². The summed E-state index contributed by atoms with van der Waals surface area (Å²) < 4.78 is 17.3. The van der Waals surface area contributed by atoms with E-state index in [1.54, 1.807) is 13.3 Å². The lowest BCUT2D eigenvalue weighted by molar-refractivity contribution is -0.116. The van der Waals surface area contributed by atoms with Crippen molar-refractivity contribution < 1.29 is 19.0 Å². The highest BCUT2D eigenvalue weighted by molar-refractivity contribution is 6.32. The molecule has 1 spiro atoms. The molecule has 0 bridgehead atoms. The Hall–Kier alpha value is -4.20. The molecule has 1 amide bonds. The van der Waals surface area contributed by atoms with Crippen molar-refractivity contribution in [2.45, 2.75) is 95.7 Å². The van der Waals surface area contributed by atoms with E-state index >= 15 is 0 Å². The SMILES string of the molecule is CCOc1cc2c(cc1NC(=O)CCCN(C)C)C(Nc1ccc(OCc3ccc(OC)cn3)c(Cl)c1)C(C#N)C1(CCCCCCCCC1)N2. The fourth-order valence-electron chi connectivity index (χ4n) is 7.29. The zero-order chi connectivity index (χ0) is 36.2. The highest BCUT2D eigenvalue weighted by atomic mass is 35.5. The second-order valence-electron chi connectivity index (χ2n) is 13.9. The number of hydrogen-bond acceptors (Lipinski definition) is 9. The first-order chi connectivity index (χ1) is 24.7. The summed E-state index contributed by atoms with van der Waals surface area (Å²) in [4.78, 5) is 19.6. The minimum atomic E-state index is -0.435. The van der Waals surface area contributed by atoms with E-state index < -0.39 is 11.5 Å². The standard InChI is InChI=1S/C40H53ClN6O4/c1-5-50-37-24-34-31(23-35(37)45-38(48)14-13-21-47(2)3)39(32(25-42)40(46-34)19-11-9-7-6-8-10-12-20-40)44-28-16-18-36(33(41)22-28)51-27-29-15-17-30(49-4)26-43-29/h15-18,22-24,26,32,39,44,46H,5-14,19-21,27H2,1-4H3,(H,45,48). The summed E-state index contributed by atoms with van der Waals surface area (Å²) in [7, 11) is 5.60. The van der Waals surface area contributed by atoms with Crippen molar-refractivity contribution in [2.24, 2.45) is 5.92 Å². The predicted octanol–water partition coefficient (Wildman–Crippen LogP) is 8.98. The van der Waals surface area contributed by atoms with E-state index in [2.05, 4.69) is 31.9 Å². The number of fused-ring (bicyclic) bond motifs is 1. The molecule has 5 rings (SSSR count). The zero-order valence-corrected chi connectivity index (χ0v) is 31.3. The Labute approximate surface area is 308 Å². The molecule has 274 valence electrons. The van der Waals surface area contributed by atoms with Gasteiger partial charge in [0.05, 0.1) is 59.9 Å². The van der Waals surface area contributed by atoms with Crippen molar-refractivity contribution in [1.29, 1.82) is 5.26 Å². The summed E-state index contributed by atoms with van der Waals surface area (Å²) in [6, 6.07) is 15.7. The lowest BCUT2D eigenvalue weighted by atomic mass is 9.68. The molecule has 2 heterocycles. The summed E-state index contributed by atoms with van der Waals surface area (Å²) in [5, 5.41) is 22.2. The molecule has 2 atom stereocenters. The van der Waals surface area contributed by atoms with Gasteiger partial charge >= 0.3 is 0 Å². The second kappa shape index (κ2) is 18.3. The largest absolute Gasteiger partial charge is 0.495 e. The molecular formula is C40H53ClN6O4. The van der Waals surface area contributed by atoms with Crippen molar-refractivity contribution >= 4 is 34.6 Å². The third kappa shape index (κ3) is 9.99. The van der Waals surface area contributed by atoms with Gasteiger partial charge in [0.25, 0.3) is 0 Å². The first-order valence-electron chi connectivity index (χ1n) is 18.4. The fourth-order valence-corrected chi connectivity index (χ4v) is 7.52. The van der Waals surface area contributed by atoms with Gasteiger partial charge < -0.3 is 35.1 Å². The topological polar surface area (TPSA) is 121 Å². The van der Waals surface area contributed by atoms with Gasteiger partial charge in [-0.2, -0.15) is 5.26 Å². The molecule has 2 aliphatic rings. The van der Waals surface area contributed by atoms with Crippen molar-refractivity contribution in [3.63, 3.8) is 0 Å². The first kappa shape index (κ1) is 38.0. The number of nitriles is 1. The van der Waals surface area contributed by atoms with Crippen LogP contribution in [0.3, 0.4) is 0 Å². The molecule has 2 unspecified atom stereocenters. The van der Waals surface area contributed by atoms with Gasteiger partial charge in [-0.1, -0.05) is 56.5 Å². The van der Waals surface area contributed by atoms with Crippen molar-refractivity contribution in [1.82, 2.24) is 9.88 Å². The summed E-state index contributed by atoms with van der Waals surface area (Å²) in [5.74, 6) is 1.36. The van der Waals surface area contributed by atoms with E-state index in [0.29, 0.717) is 41.0 Å². The Morgan fingerprint density at radius 1 is 1.04 bits per heavy atom. The Morgan fingerprint density at radius 3 is 2.41 bits per heavy atom. The number of halogens is 1. The number of methoxy groups -OCH3 is 1. The van der Waals surface area contributed by atoms with Crippen LogP contribution in [0.25, 0.3) is 0 Å². The van der Waals surface area contributed by atoms with E-state index in [0.717, 1.165) is 74.1 Å². The first-order valence-corrected chi connectivity index (χ1v) is 18.7. The lowest BCUT2D eigenvalue weighted by Crippen LogP contribution is -2.52. The molecule has 3 N–H and O–H groups in total. The van der Waals surface area contributed by atoms with Crippen LogP contribution in [0.2, 0.25) is 5.02 Å². The van der Waals surface area contributed by atoms with Crippen molar-refractivity contribution in [3.05, 3.63) is 64.9 Å². The minimum Gasteiger partial charge on any atom is -0.495 e. The van der Waals surface area contributed by atoms with E-state index in [4.69, 9.17) is 25.8 Å². The van der Waals surface area contributed by atoms with Gasteiger partial charge in [0.1, 0.15) is 23.9 Å². The molecule has 2 aromatic carbocycles. The summed E-state index contributed by atoms with van der Waals surface area (Å²) in [6.45, 7) is 3.47. The molecule has 51 heavy (non-hydrogen) atoms. The maximum atomic E-state index is 13.1. The molecule has 1 aromatic heterocycles. The van der Waals surface area contributed by atoms with Crippen LogP contribution in [0.15, 0.2) is 48.7 Å². The van der Waals surface area contributed by atoms with Crippen LogP contribution in [-0.2, 0) is 11.4 Å². The smallest absolute Gasteiger partial charge is 0.224 e. The monoisotopic (exact) mass is 716 g/mol. The number of anilines is 3. The third-order valence-corrected chi connectivity index (χ3v) is 10.2. The summed E-state index contributed by atoms with van der Waals surface area (Å²) >= 11 is 6.80. The number of nitrogens with one attached hydrogen (secondary N) is 3. The Morgan fingerprint density at radius 2 is 1.78 bits per heavy atom. The molecule has 11 heteroatoms. The Bertz CT molecular complexity index is 1630. The molecule has 1 fully saturated rings. The molecular weight excluding hydrogens is 664 g/mol. The van der Waals surface area contributed by atoms with Gasteiger partial charge in [-0.3, -0.25) is 9.78 Å². The van der Waals surface area contributed by atoms with Gasteiger partial charge in [-0.15, -0.1) is 0 Å². The van der Waals surface area contributed by atoms with Crippen LogP contribution in [0, 0.1) is 17.2 Å². The van der Waals surface area contributed by atoms with Crippen LogP contribution < -0.4 is 30.2 Å². The fraction of sp³-hybridized carbons (Fsp3) is 0.525. The number of aromatic nitrogens is 1. The van der Waals surface area contributed by atoms with Gasteiger partial charge in [-0.05, 0) is 83.2 Å². The Balaban J connectivity index is 1.48. The molecule has 3 aromatic rings. The predicted molar refractivity (Wildman–Crippen MR) is 204 cm³/mol. The van der Waals surface area contributed by atoms with Crippen LogP contribution in [0.5, 0.6) is 17.2 Å². The highest BCUT2D eigenvalue weighted by Crippen LogP contribution is 2.51. The number of hydrogen-bond donors (Lipinski definition) is 3. The van der Waals surface area contributed by atoms with Gasteiger partial charge in [0.2, 0.25) is 5.91 Å². The molecule has 1 saturated carbocycles. The van der Waals surface area contributed by atoms with E-state index in [9.17, 15) is 10.1 Å². The second-order valence-corrected chi connectivity index (χ2v) is 14.3. The molecule has 1 aliphatic heterocycles.